The van der Waals surface area contributed by atoms with Crippen LogP contribution in [-0.2, 0) is 14.3 Å². The summed E-state index contributed by atoms with van der Waals surface area (Å²) in [6.45, 7) is 4.92. The summed E-state index contributed by atoms with van der Waals surface area (Å²) in [5, 5.41) is 23.1. The van der Waals surface area contributed by atoms with Crippen molar-refractivity contribution in [3.05, 3.63) is 36.5 Å². The smallest absolute Gasteiger partial charge is 0.305 e. The highest BCUT2D eigenvalue weighted by Crippen LogP contribution is 2.16. The molecular formula is C61H115NO5. The van der Waals surface area contributed by atoms with Gasteiger partial charge in [0.15, 0.2) is 0 Å². The van der Waals surface area contributed by atoms with E-state index in [0.717, 1.165) is 51.4 Å². The quantitative estimate of drug-likeness (QED) is 0.0321. The molecule has 3 N–H and O–H groups in total. The zero-order chi connectivity index (χ0) is 48.6. The molecule has 0 aromatic carbocycles. The number of amides is 1. The van der Waals surface area contributed by atoms with Gasteiger partial charge in [-0.05, 0) is 83.5 Å². The van der Waals surface area contributed by atoms with Crippen molar-refractivity contribution in [1.82, 2.24) is 5.32 Å². The van der Waals surface area contributed by atoms with Gasteiger partial charge in [0, 0.05) is 12.8 Å². The fraction of sp³-hybridized carbons (Fsp3) is 0.869. The SMILES string of the molecule is CCCCCC/C=C\CCCCCCCC(=O)OCCCCCCCCCCC/C=C\C/C=C\CCCCCCCCCCCCCC(=O)NC(CO)C(O)CCCCCCCCCCCC. The van der Waals surface area contributed by atoms with Gasteiger partial charge in [0.25, 0.3) is 0 Å². The van der Waals surface area contributed by atoms with Crippen molar-refractivity contribution in [2.75, 3.05) is 13.2 Å². The summed E-state index contributed by atoms with van der Waals surface area (Å²) in [6.07, 6.45) is 70.1. The third kappa shape index (κ3) is 53.3. The lowest BCUT2D eigenvalue weighted by Gasteiger charge is -2.22. The second-order valence-corrected chi connectivity index (χ2v) is 20.3. The number of nitrogens with one attached hydrogen (secondary N) is 1. The molecule has 2 unspecified atom stereocenters. The first-order chi connectivity index (χ1) is 33.0. The van der Waals surface area contributed by atoms with Crippen LogP contribution in [0.15, 0.2) is 36.5 Å². The first-order valence-corrected chi connectivity index (χ1v) is 29.7. The van der Waals surface area contributed by atoms with Crippen LogP contribution in [0, 0.1) is 0 Å². The highest BCUT2D eigenvalue weighted by Gasteiger charge is 2.20. The van der Waals surface area contributed by atoms with E-state index >= 15 is 0 Å². The molecule has 0 aromatic rings. The summed E-state index contributed by atoms with van der Waals surface area (Å²) in [5.41, 5.74) is 0. The molecule has 1 amide bonds. The number of ether oxygens (including phenoxy) is 1. The molecule has 0 aliphatic carbocycles. The third-order valence-electron chi connectivity index (χ3n) is 13.7. The second-order valence-electron chi connectivity index (χ2n) is 20.3. The Balaban J connectivity index is 3.40. The zero-order valence-corrected chi connectivity index (χ0v) is 44.9. The lowest BCUT2D eigenvalue weighted by Crippen LogP contribution is -2.45. The number of carbonyl (C=O) groups is 2. The molecule has 0 aliphatic heterocycles. The van der Waals surface area contributed by atoms with E-state index in [2.05, 4.69) is 55.6 Å². The molecule has 0 spiro atoms. The van der Waals surface area contributed by atoms with Crippen LogP contribution in [0.4, 0.5) is 0 Å². The van der Waals surface area contributed by atoms with Gasteiger partial charge in [-0.15, -0.1) is 0 Å². The van der Waals surface area contributed by atoms with E-state index in [1.54, 1.807) is 0 Å². The molecule has 67 heavy (non-hydrogen) atoms. The molecule has 0 bridgehead atoms. The lowest BCUT2D eigenvalue weighted by molar-refractivity contribution is -0.143. The first-order valence-electron chi connectivity index (χ1n) is 29.7. The molecule has 6 nitrogen and oxygen atoms in total. The van der Waals surface area contributed by atoms with Gasteiger partial charge in [-0.2, -0.15) is 0 Å². The highest BCUT2D eigenvalue weighted by atomic mass is 16.5. The van der Waals surface area contributed by atoms with Crippen LogP contribution in [-0.4, -0.2) is 47.4 Å². The van der Waals surface area contributed by atoms with E-state index in [4.69, 9.17) is 4.74 Å². The van der Waals surface area contributed by atoms with Crippen LogP contribution >= 0.6 is 0 Å². The maximum atomic E-state index is 12.4. The summed E-state index contributed by atoms with van der Waals surface area (Å²) in [5.74, 6) is -0.0386. The van der Waals surface area contributed by atoms with Gasteiger partial charge in [0.1, 0.15) is 0 Å². The normalized spacial score (nSPS) is 12.8. The minimum atomic E-state index is -0.664. The summed E-state index contributed by atoms with van der Waals surface area (Å²) < 4.78 is 5.47. The van der Waals surface area contributed by atoms with Gasteiger partial charge < -0.3 is 20.3 Å². The molecule has 0 saturated carbocycles. The van der Waals surface area contributed by atoms with Crippen molar-refractivity contribution in [2.24, 2.45) is 0 Å². The predicted molar refractivity (Wildman–Crippen MR) is 292 cm³/mol. The monoisotopic (exact) mass is 942 g/mol. The summed E-state index contributed by atoms with van der Waals surface area (Å²) >= 11 is 0. The zero-order valence-electron chi connectivity index (χ0n) is 44.9. The van der Waals surface area contributed by atoms with Crippen molar-refractivity contribution in [1.29, 1.82) is 0 Å². The van der Waals surface area contributed by atoms with Gasteiger partial charge in [-0.25, -0.2) is 0 Å². The van der Waals surface area contributed by atoms with E-state index in [-0.39, 0.29) is 18.5 Å². The molecule has 0 fully saturated rings. The number of rotatable bonds is 55. The Morgan fingerprint density at radius 2 is 0.746 bits per heavy atom. The fourth-order valence-corrected chi connectivity index (χ4v) is 9.08. The Morgan fingerprint density at radius 1 is 0.418 bits per heavy atom. The molecule has 394 valence electrons. The third-order valence-corrected chi connectivity index (χ3v) is 13.7. The first kappa shape index (κ1) is 65.1. The number of esters is 1. The second kappa shape index (κ2) is 56.7. The van der Waals surface area contributed by atoms with Gasteiger partial charge >= 0.3 is 5.97 Å². The molecule has 0 aromatic heterocycles. The van der Waals surface area contributed by atoms with Crippen molar-refractivity contribution in [3.8, 4) is 0 Å². The van der Waals surface area contributed by atoms with Gasteiger partial charge in [0.2, 0.25) is 5.91 Å². The summed E-state index contributed by atoms with van der Waals surface area (Å²) in [6, 6.07) is -0.542. The number of unbranched alkanes of at least 4 members (excludes halogenated alkanes) is 38. The topological polar surface area (TPSA) is 95.9 Å². The maximum absolute atomic E-state index is 12.4. The van der Waals surface area contributed by atoms with Crippen LogP contribution in [0.3, 0.4) is 0 Å². The van der Waals surface area contributed by atoms with Crippen molar-refractivity contribution in [2.45, 2.75) is 328 Å². The summed E-state index contributed by atoms with van der Waals surface area (Å²) in [4.78, 5) is 24.4. The molecule has 0 rings (SSSR count). The minimum Gasteiger partial charge on any atom is -0.466 e. The number of carbonyl (C=O) groups excluding carboxylic acids is 2. The van der Waals surface area contributed by atoms with Crippen LogP contribution < -0.4 is 5.32 Å². The average Bonchev–Trinajstić information content (AvgIpc) is 3.33. The van der Waals surface area contributed by atoms with Gasteiger partial charge in [0.05, 0.1) is 25.4 Å². The maximum Gasteiger partial charge on any atom is 0.305 e. The molecule has 2 atom stereocenters. The van der Waals surface area contributed by atoms with Gasteiger partial charge in [-0.3, -0.25) is 9.59 Å². The molecule has 0 aliphatic rings. The van der Waals surface area contributed by atoms with E-state index in [1.165, 1.54) is 231 Å². The lowest BCUT2D eigenvalue weighted by atomic mass is 10.0. The van der Waals surface area contributed by atoms with Crippen molar-refractivity contribution in [3.63, 3.8) is 0 Å². The van der Waals surface area contributed by atoms with Crippen LogP contribution in [0.1, 0.15) is 316 Å². The van der Waals surface area contributed by atoms with Crippen molar-refractivity contribution < 1.29 is 24.5 Å². The largest absolute Gasteiger partial charge is 0.466 e. The number of allylic oxidation sites excluding steroid dienone is 6. The van der Waals surface area contributed by atoms with E-state index in [9.17, 15) is 19.8 Å². The van der Waals surface area contributed by atoms with Crippen LogP contribution in [0.2, 0.25) is 0 Å². The van der Waals surface area contributed by atoms with Crippen LogP contribution in [0.25, 0.3) is 0 Å². The molecule has 0 heterocycles. The molecule has 0 radical (unpaired) electrons. The molecule has 0 saturated heterocycles. The van der Waals surface area contributed by atoms with Crippen molar-refractivity contribution >= 4 is 11.9 Å². The molecule has 6 heteroatoms. The van der Waals surface area contributed by atoms with E-state index in [0.29, 0.717) is 25.9 Å². The minimum absolute atomic E-state index is 0.00106. The standard InChI is InChI=1S/C61H115NO5/c1-3-5-7-9-11-13-15-31-35-39-43-47-51-55-61(66)67-56-52-48-44-40-36-33-30-28-26-24-22-20-18-16-17-19-21-23-25-27-29-32-34-38-42-46-50-54-60(65)62-58(57-63)59(64)53-49-45-41-37-14-12-10-8-6-4-2/h13,15-17,20,22,58-59,63-64H,3-12,14,18-19,21,23-57H2,1-2H3,(H,62,65)/b15-13-,17-16-,22-20-. The Bertz CT molecular complexity index is 1090. The Kier molecular flexibility index (Phi) is 55.0. The Hall–Kier alpha value is -1.92. The number of hydrogen-bond donors (Lipinski definition) is 3. The molecular weight excluding hydrogens is 827 g/mol. The Morgan fingerprint density at radius 3 is 1.16 bits per heavy atom. The van der Waals surface area contributed by atoms with Gasteiger partial charge in [-0.1, -0.05) is 256 Å². The highest BCUT2D eigenvalue weighted by molar-refractivity contribution is 5.76. The average molecular weight is 943 g/mol. The number of aliphatic hydroxyl groups is 2. The van der Waals surface area contributed by atoms with E-state index < -0.39 is 12.1 Å². The van der Waals surface area contributed by atoms with E-state index in [1.807, 2.05) is 0 Å². The predicted octanol–water partition coefficient (Wildman–Crippen LogP) is 18.4. The Labute approximate surface area is 417 Å². The fourth-order valence-electron chi connectivity index (χ4n) is 9.08. The van der Waals surface area contributed by atoms with Crippen LogP contribution in [0.5, 0.6) is 0 Å². The number of hydrogen-bond acceptors (Lipinski definition) is 5. The summed E-state index contributed by atoms with van der Waals surface area (Å²) in [7, 11) is 0. The number of aliphatic hydroxyl groups excluding tert-OH is 2.